The number of allylic oxidation sites excluding steroid dienone is 2. The Balaban J connectivity index is 2.14. The van der Waals surface area contributed by atoms with Crippen LogP contribution in [0.1, 0.15) is 49.9 Å². The second-order valence-corrected chi connectivity index (χ2v) is 6.96. The summed E-state index contributed by atoms with van der Waals surface area (Å²) in [6, 6.07) is 16.9. The largest absolute Gasteiger partial charge is 0.295 e. The molecule has 0 aliphatic carbocycles. The van der Waals surface area contributed by atoms with Gasteiger partial charge in [0.1, 0.15) is 0 Å². The van der Waals surface area contributed by atoms with Crippen molar-refractivity contribution in [1.82, 2.24) is 0 Å². The van der Waals surface area contributed by atoms with Crippen molar-refractivity contribution in [2.75, 3.05) is 0 Å². The molecule has 0 N–H and O–H groups in total. The Morgan fingerprint density at radius 3 is 1.76 bits per heavy atom. The molecular formula is C23H26O2. The average Bonchev–Trinajstić information content (AvgIpc) is 2.60. The molecular weight excluding hydrogens is 308 g/mol. The summed E-state index contributed by atoms with van der Waals surface area (Å²) in [7, 11) is 0. The van der Waals surface area contributed by atoms with E-state index in [2.05, 4.69) is 57.2 Å². The zero-order valence-electron chi connectivity index (χ0n) is 15.5. The first-order valence-electron chi connectivity index (χ1n) is 8.73. The van der Waals surface area contributed by atoms with Crippen LogP contribution in [0.25, 0.3) is 0 Å². The molecule has 2 aromatic carbocycles. The van der Waals surface area contributed by atoms with Crippen LogP contribution in [-0.2, 0) is 27.8 Å². The summed E-state index contributed by atoms with van der Waals surface area (Å²) in [6.45, 7) is 8.02. The van der Waals surface area contributed by atoms with Crippen LogP contribution in [0, 0.1) is 0 Å². The average molecular weight is 334 g/mol. The molecule has 0 aromatic heterocycles. The third-order valence-electron chi connectivity index (χ3n) is 4.64. The maximum Gasteiger partial charge on any atom is 0.160 e. The van der Waals surface area contributed by atoms with Gasteiger partial charge >= 0.3 is 0 Å². The highest BCUT2D eigenvalue weighted by Crippen LogP contribution is 2.31. The van der Waals surface area contributed by atoms with Crippen molar-refractivity contribution >= 4 is 11.6 Å². The highest BCUT2D eigenvalue weighted by Gasteiger charge is 2.22. The minimum absolute atomic E-state index is 0.0580. The number of hydrogen-bond donors (Lipinski definition) is 0. The molecule has 2 heteroatoms. The first-order chi connectivity index (χ1) is 11.8. The predicted octanol–water partition coefficient (Wildman–Crippen LogP) is 4.83. The van der Waals surface area contributed by atoms with Crippen molar-refractivity contribution in [2.24, 2.45) is 0 Å². The first kappa shape index (κ1) is 18.9. The molecule has 0 unspecified atom stereocenters. The molecule has 0 saturated carbocycles. The van der Waals surface area contributed by atoms with E-state index in [1.807, 2.05) is 12.1 Å². The van der Waals surface area contributed by atoms with E-state index in [1.54, 1.807) is 0 Å². The van der Waals surface area contributed by atoms with Gasteiger partial charge in [0, 0.05) is 11.8 Å². The molecule has 2 rings (SSSR count). The highest BCUT2D eigenvalue weighted by molar-refractivity contribution is 5.98. The van der Waals surface area contributed by atoms with Crippen molar-refractivity contribution in [3.8, 4) is 0 Å². The van der Waals surface area contributed by atoms with Crippen LogP contribution in [0.3, 0.4) is 0 Å². The molecule has 0 heterocycles. The number of benzene rings is 2. The molecule has 2 aromatic rings. The van der Waals surface area contributed by atoms with Gasteiger partial charge in [-0.15, -0.1) is 0 Å². The number of ketones is 2. The normalized spacial score (nSPS) is 11.7. The van der Waals surface area contributed by atoms with Gasteiger partial charge in [-0.2, -0.15) is 0 Å². The van der Waals surface area contributed by atoms with Crippen LogP contribution in [0.4, 0.5) is 0 Å². The van der Waals surface area contributed by atoms with Gasteiger partial charge in [-0.3, -0.25) is 9.59 Å². The molecule has 25 heavy (non-hydrogen) atoms. The van der Waals surface area contributed by atoms with Gasteiger partial charge in [0.2, 0.25) is 0 Å². The predicted molar refractivity (Wildman–Crippen MR) is 103 cm³/mol. The zero-order valence-corrected chi connectivity index (χ0v) is 15.5. The minimum Gasteiger partial charge on any atom is -0.295 e. The highest BCUT2D eigenvalue weighted by atomic mass is 16.1. The van der Waals surface area contributed by atoms with Gasteiger partial charge in [0.25, 0.3) is 0 Å². The third kappa shape index (κ3) is 4.99. The molecule has 2 nitrogen and oxygen atoms in total. The molecule has 0 aliphatic rings. The first-order valence-corrected chi connectivity index (χ1v) is 8.73. The number of rotatable bonds is 7. The molecule has 0 bridgehead atoms. The van der Waals surface area contributed by atoms with Crippen molar-refractivity contribution in [1.29, 1.82) is 0 Å². The standard InChI is InChI=1S/C23H26O2/c1-5-18-7-11-20(12-8-18)23(3,4)21-13-9-19(10-14-21)16-22(25)15-6-17(2)24/h6-15H,5,16H2,1-4H3. The van der Waals surface area contributed by atoms with Crippen LogP contribution < -0.4 is 0 Å². The lowest BCUT2D eigenvalue weighted by atomic mass is 9.77. The second-order valence-electron chi connectivity index (χ2n) is 6.96. The lowest BCUT2D eigenvalue weighted by Crippen LogP contribution is -2.19. The number of carbonyl (C=O) groups is 2. The van der Waals surface area contributed by atoms with Crippen LogP contribution >= 0.6 is 0 Å². The Morgan fingerprint density at radius 1 is 0.840 bits per heavy atom. The summed E-state index contributed by atoms with van der Waals surface area (Å²) in [5.74, 6) is -0.170. The summed E-state index contributed by atoms with van der Waals surface area (Å²) in [6.07, 6.45) is 4.03. The van der Waals surface area contributed by atoms with Crippen molar-refractivity contribution in [2.45, 2.75) is 46.0 Å². The van der Waals surface area contributed by atoms with E-state index in [1.165, 1.54) is 35.8 Å². The molecule has 130 valence electrons. The van der Waals surface area contributed by atoms with E-state index < -0.39 is 0 Å². The number of hydrogen-bond acceptors (Lipinski definition) is 2. The van der Waals surface area contributed by atoms with Crippen LogP contribution in [0.15, 0.2) is 60.7 Å². The summed E-state index contributed by atoms with van der Waals surface area (Å²) in [5, 5.41) is 0. The Hall–Kier alpha value is -2.48. The van der Waals surface area contributed by atoms with Gasteiger partial charge in [-0.1, -0.05) is 69.3 Å². The van der Waals surface area contributed by atoms with Crippen LogP contribution in [-0.4, -0.2) is 11.6 Å². The fourth-order valence-electron chi connectivity index (χ4n) is 2.83. The molecule has 0 fully saturated rings. The second kappa shape index (κ2) is 8.06. The Morgan fingerprint density at radius 2 is 1.32 bits per heavy atom. The molecule has 0 radical (unpaired) electrons. The number of carbonyl (C=O) groups excluding carboxylic acids is 2. The summed E-state index contributed by atoms with van der Waals surface area (Å²) in [5.41, 5.74) is 4.69. The lowest BCUT2D eigenvalue weighted by Gasteiger charge is -2.26. The SMILES string of the molecule is CCc1ccc(C(C)(C)c2ccc(CC(=O)C=CC(C)=O)cc2)cc1. The lowest BCUT2D eigenvalue weighted by molar-refractivity contribution is -0.115. The van der Waals surface area contributed by atoms with Gasteiger partial charge in [-0.25, -0.2) is 0 Å². The van der Waals surface area contributed by atoms with E-state index in [4.69, 9.17) is 0 Å². The molecule has 0 spiro atoms. The van der Waals surface area contributed by atoms with Crippen LogP contribution in [0.5, 0.6) is 0 Å². The van der Waals surface area contributed by atoms with Gasteiger partial charge in [0.05, 0.1) is 0 Å². The fourth-order valence-corrected chi connectivity index (χ4v) is 2.83. The summed E-state index contributed by atoms with van der Waals surface area (Å²) >= 11 is 0. The van der Waals surface area contributed by atoms with Crippen molar-refractivity contribution in [3.63, 3.8) is 0 Å². The minimum atomic E-state index is -0.112. The van der Waals surface area contributed by atoms with E-state index in [-0.39, 0.29) is 17.0 Å². The third-order valence-corrected chi connectivity index (χ3v) is 4.64. The monoisotopic (exact) mass is 334 g/mol. The molecule has 0 atom stereocenters. The van der Waals surface area contributed by atoms with E-state index in [9.17, 15) is 9.59 Å². The fraction of sp³-hybridized carbons (Fsp3) is 0.304. The molecule has 0 saturated heterocycles. The van der Waals surface area contributed by atoms with Gasteiger partial charge in [0.15, 0.2) is 11.6 Å². The van der Waals surface area contributed by atoms with Gasteiger partial charge in [-0.05, 0) is 47.8 Å². The van der Waals surface area contributed by atoms with E-state index in [0.29, 0.717) is 6.42 Å². The van der Waals surface area contributed by atoms with Crippen molar-refractivity contribution in [3.05, 3.63) is 82.9 Å². The quantitative estimate of drug-likeness (QED) is 0.680. The Kier molecular flexibility index (Phi) is 6.08. The van der Waals surface area contributed by atoms with E-state index in [0.717, 1.165) is 12.0 Å². The summed E-state index contributed by atoms with van der Waals surface area (Å²) < 4.78 is 0. The zero-order chi connectivity index (χ0) is 18.4. The molecule has 0 amide bonds. The Bertz CT molecular complexity index is 763. The van der Waals surface area contributed by atoms with Gasteiger partial charge < -0.3 is 0 Å². The number of aryl methyl sites for hydroxylation is 1. The maximum absolute atomic E-state index is 11.8. The maximum atomic E-state index is 11.8. The smallest absolute Gasteiger partial charge is 0.160 e. The summed E-state index contributed by atoms with van der Waals surface area (Å²) in [4.78, 5) is 22.7. The molecule has 0 aliphatic heterocycles. The van der Waals surface area contributed by atoms with E-state index >= 15 is 0 Å². The topological polar surface area (TPSA) is 34.1 Å². The van der Waals surface area contributed by atoms with Crippen LogP contribution in [0.2, 0.25) is 0 Å². The Labute approximate surface area is 150 Å². The van der Waals surface area contributed by atoms with Crippen molar-refractivity contribution < 1.29 is 9.59 Å².